The molecule has 6 nitrogen and oxygen atoms in total. The molecule has 0 spiro atoms. The van der Waals surface area contributed by atoms with Gasteiger partial charge in [-0.05, 0) is 34.2 Å². The van der Waals surface area contributed by atoms with E-state index in [1.165, 1.54) is 23.9 Å². The number of amides is 1. The van der Waals surface area contributed by atoms with E-state index in [1.54, 1.807) is 12.1 Å². The number of hydrazone groups is 1. The Morgan fingerprint density at radius 1 is 1.12 bits per heavy atom. The fourth-order valence-electron chi connectivity index (χ4n) is 2.21. The molecule has 0 radical (unpaired) electrons. The van der Waals surface area contributed by atoms with Crippen LogP contribution in [0.15, 0.2) is 53.6 Å². The van der Waals surface area contributed by atoms with Crippen molar-refractivity contribution in [3.05, 3.63) is 75.3 Å². The molecular weight excluding hydrogens is 318 g/mol. The first-order chi connectivity index (χ1) is 11.8. The standard InChI is InChI=1S/C19H21N3O3/c1-19(2,3)16-8-4-14(5-9-16)12-18(23)21-20-13-15-6-10-17(11-7-15)22(24)25/h4-11,13H,12H2,1-3H3,(H,21,23)/b20-13-. The zero-order chi connectivity index (χ0) is 18.4. The van der Waals surface area contributed by atoms with Crippen molar-refractivity contribution in [1.29, 1.82) is 0 Å². The van der Waals surface area contributed by atoms with E-state index in [9.17, 15) is 14.9 Å². The van der Waals surface area contributed by atoms with Crippen molar-refractivity contribution in [2.45, 2.75) is 32.6 Å². The number of hydrogen-bond acceptors (Lipinski definition) is 4. The predicted molar refractivity (Wildman–Crippen MR) is 97.7 cm³/mol. The minimum atomic E-state index is -0.465. The van der Waals surface area contributed by atoms with Gasteiger partial charge in [0.2, 0.25) is 5.91 Å². The van der Waals surface area contributed by atoms with Crippen molar-refractivity contribution in [2.24, 2.45) is 5.10 Å². The molecule has 0 unspecified atom stereocenters. The zero-order valence-electron chi connectivity index (χ0n) is 14.5. The van der Waals surface area contributed by atoms with E-state index in [4.69, 9.17) is 0 Å². The molecule has 0 atom stereocenters. The van der Waals surface area contributed by atoms with Crippen molar-refractivity contribution in [3.63, 3.8) is 0 Å². The maximum absolute atomic E-state index is 11.9. The summed E-state index contributed by atoms with van der Waals surface area (Å²) in [6, 6.07) is 13.9. The van der Waals surface area contributed by atoms with Crippen LogP contribution in [0, 0.1) is 10.1 Å². The Kier molecular flexibility index (Phi) is 5.64. The highest BCUT2D eigenvalue weighted by molar-refractivity contribution is 5.83. The summed E-state index contributed by atoms with van der Waals surface area (Å²) in [5.74, 6) is -0.221. The predicted octanol–water partition coefficient (Wildman–Crippen LogP) is 3.59. The van der Waals surface area contributed by atoms with Gasteiger partial charge in [0.05, 0.1) is 17.6 Å². The molecule has 0 aliphatic rings. The number of non-ortho nitro benzene ring substituents is 1. The van der Waals surface area contributed by atoms with Crippen LogP contribution in [0.5, 0.6) is 0 Å². The number of rotatable bonds is 5. The number of nitro benzene ring substituents is 1. The third-order valence-electron chi connectivity index (χ3n) is 3.69. The monoisotopic (exact) mass is 339 g/mol. The van der Waals surface area contributed by atoms with E-state index in [0.717, 1.165) is 5.56 Å². The van der Waals surface area contributed by atoms with Gasteiger partial charge in [-0.1, -0.05) is 45.0 Å². The second kappa shape index (κ2) is 7.70. The SMILES string of the molecule is CC(C)(C)c1ccc(CC(=O)N/N=C\c2ccc([N+](=O)[O-])cc2)cc1. The summed E-state index contributed by atoms with van der Waals surface area (Å²) < 4.78 is 0. The quantitative estimate of drug-likeness (QED) is 0.513. The van der Waals surface area contributed by atoms with Crippen LogP contribution in [0.25, 0.3) is 0 Å². The highest BCUT2D eigenvalue weighted by Crippen LogP contribution is 2.22. The Morgan fingerprint density at radius 3 is 2.24 bits per heavy atom. The maximum Gasteiger partial charge on any atom is 0.269 e. The van der Waals surface area contributed by atoms with Gasteiger partial charge in [0, 0.05) is 12.1 Å². The molecule has 0 heterocycles. The smallest absolute Gasteiger partial charge is 0.269 e. The van der Waals surface area contributed by atoms with Crippen LogP contribution in [0.1, 0.15) is 37.5 Å². The molecule has 0 aromatic heterocycles. The number of nitrogens with zero attached hydrogens (tertiary/aromatic N) is 2. The van der Waals surface area contributed by atoms with E-state index in [1.807, 2.05) is 24.3 Å². The Labute approximate surface area is 146 Å². The van der Waals surface area contributed by atoms with Gasteiger partial charge in [-0.15, -0.1) is 0 Å². The first-order valence-corrected chi connectivity index (χ1v) is 7.91. The number of carbonyl (C=O) groups excluding carboxylic acids is 1. The maximum atomic E-state index is 11.9. The summed E-state index contributed by atoms with van der Waals surface area (Å²) in [6.07, 6.45) is 1.69. The first-order valence-electron chi connectivity index (χ1n) is 7.91. The number of nitrogens with one attached hydrogen (secondary N) is 1. The van der Waals surface area contributed by atoms with Crippen LogP contribution in [0.2, 0.25) is 0 Å². The lowest BCUT2D eigenvalue weighted by molar-refractivity contribution is -0.384. The fourth-order valence-corrected chi connectivity index (χ4v) is 2.21. The van der Waals surface area contributed by atoms with Crippen LogP contribution in [0.4, 0.5) is 5.69 Å². The van der Waals surface area contributed by atoms with E-state index < -0.39 is 4.92 Å². The lowest BCUT2D eigenvalue weighted by Gasteiger charge is -2.19. The lowest BCUT2D eigenvalue weighted by atomic mass is 9.86. The van der Waals surface area contributed by atoms with E-state index >= 15 is 0 Å². The van der Waals surface area contributed by atoms with E-state index in [-0.39, 0.29) is 23.4 Å². The molecule has 0 aliphatic carbocycles. The molecule has 25 heavy (non-hydrogen) atoms. The van der Waals surface area contributed by atoms with Crippen LogP contribution < -0.4 is 5.43 Å². The molecule has 2 aromatic rings. The Hall–Kier alpha value is -3.02. The second-order valence-corrected chi connectivity index (χ2v) is 6.77. The fraction of sp³-hybridized carbons (Fsp3) is 0.263. The normalized spacial score (nSPS) is 11.5. The summed E-state index contributed by atoms with van der Waals surface area (Å²) >= 11 is 0. The average molecular weight is 339 g/mol. The number of nitro groups is 1. The molecule has 0 saturated heterocycles. The molecule has 0 bridgehead atoms. The molecule has 6 heteroatoms. The van der Waals surface area contributed by atoms with E-state index in [2.05, 4.69) is 31.3 Å². The summed E-state index contributed by atoms with van der Waals surface area (Å²) in [4.78, 5) is 22.0. The van der Waals surface area contributed by atoms with Gasteiger partial charge in [0.15, 0.2) is 0 Å². The van der Waals surface area contributed by atoms with Crippen LogP contribution in [0.3, 0.4) is 0 Å². The van der Waals surface area contributed by atoms with Gasteiger partial charge in [0.25, 0.3) is 5.69 Å². The molecule has 0 aliphatic heterocycles. The van der Waals surface area contributed by atoms with Crippen LogP contribution in [-0.2, 0) is 16.6 Å². The highest BCUT2D eigenvalue weighted by atomic mass is 16.6. The Morgan fingerprint density at radius 2 is 1.72 bits per heavy atom. The van der Waals surface area contributed by atoms with Crippen molar-refractivity contribution in [2.75, 3.05) is 0 Å². The zero-order valence-corrected chi connectivity index (χ0v) is 14.5. The highest BCUT2D eigenvalue weighted by Gasteiger charge is 2.13. The van der Waals surface area contributed by atoms with Crippen LogP contribution in [-0.4, -0.2) is 17.0 Å². The molecule has 2 aromatic carbocycles. The minimum absolute atomic E-state index is 0.0138. The molecule has 2 rings (SSSR count). The molecule has 1 N–H and O–H groups in total. The van der Waals surface area contributed by atoms with Crippen molar-refractivity contribution in [3.8, 4) is 0 Å². The largest absolute Gasteiger partial charge is 0.273 e. The molecular formula is C19H21N3O3. The Balaban J connectivity index is 1.88. The van der Waals surface area contributed by atoms with Crippen molar-refractivity contribution >= 4 is 17.8 Å². The molecule has 130 valence electrons. The Bertz CT molecular complexity index is 773. The molecule has 0 fully saturated rings. The number of benzene rings is 2. The van der Waals surface area contributed by atoms with Gasteiger partial charge in [-0.25, -0.2) is 5.43 Å². The third kappa shape index (κ3) is 5.53. The molecule has 1 amide bonds. The summed E-state index contributed by atoms with van der Waals surface area (Å²) in [6.45, 7) is 6.42. The van der Waals surface area contributed by atoms with Gasteiger partial charge >= 0.3 is 0 Å². The summed E-state index contributed by atoms with van der Waals surface area (Å²) in [5, 5.41) is 14.5. The summed E-state index contributed by atoms with van der Waals surface area (Å²) in [7, 11) is 0. The topological polar surface area (TPSA) is 84.6 Å². The summed E-state index contributed by atoms with van der Waals surface area (Å²) in [5.41, 5.74) is 5.35. The van der Waals surface area contributed by atoms with E-state index in [0.29, 0.717) is 5.56 Å². The van der Waals surface area contributed by atoms with Gasteiger partial charge in [0.1, 0.15) is 0 Å². The number of hydrogen-bond donors (Lipinski definition) is 1. The first kappa shape index (κ1) is 18.3. The lowest BCUT2D eigenvalue weighted by Crippen LogP contribution is -2.20. The van der Waals surface area contributed by atoms with Crippen molar-refractivity contribution in [1.82, 2.24) is 5.43 Å². The van der Waals surface area contributed by atoms with Crippen LogP contribution >= 0.6 is 0 Å². The van der Waals surface area contributed by atoms with Gasteiger partial charge in [-0.3, -0.25) is 14.9 Å². The molecule has 0 saturated carbocycles. The van der Waals surface area contributed by atoms with Crippen molar-refractivity contribution < 1.29 is 9.72 Å². The average Bonchev–Trinajstić information content (AvgIpc) is 2.55. The third-order valence-corrected chi connectivity index (χ3v) is 3.69. The number of carbonyl (C=O) groups is 1. The second-order valence-electron chi connectivity index (χ2n) is 6.77. The minimum Gasteiger partial charge on any atom is -0.273 e. The van der Waals surface area contributed by atoms with Gasteiger partial charge in [-0.2, -0.15) is 5.10 Å². The van der Waals surface area contributed by atoms with Gasteiger partial charge < -0.3 is 0 Å².